The van der Waals surface area contributed by atoms with E-state index in [4.69, 9.17) is 9.90 Å². The van der Waals surface area contributed by atoms with Gasteiger partial charge in [-0.25, -0.2) is 23.1 Å². The highest BCUT2D eigenvalue weighted by Crippen LogP contribution is 2.30. The molecule has 11 nitrogen and oxygen atoms in total. The average molecular weight is 446 g/mol. The van der Waals surface area contributed by atoms with Gasteiger partial charge in [0, 0.05) is 30.6 Å². The number of nitrogens with zero attached hydrogens (tertiary/aromatic N) is 4. The number of hydrogen-bond donors (Lipinski definition) is 3. The number of rotatable bonds is 5. The maximum absolute atomic E-state index is 12.0. The molecule has 1 atom stereocenters. The Morgan fingerprint density at radius 1 is 1.39 bits per heavy atom. The SMILES string of the molecule is CNC(=O)Cc1nc(-c2cccc(-c3ncc[nH]3)c2)n(C2CCS(=O)(=O)C2)n1.O=CO. The van der Waals surface area contributed by atoms with Gasteiger partial charge in [0.25, 0.3) is 6.47 Å². The number of benzene rings is 1. The van der Waals surface area contributed by atoms with Crippen molar-refractivity contribution in [3.63, 3.8) is 0 Å². The molecule has 3 heterocycles. The van der Waals surface area contributed by atoms with E-state index in [1.54, 1.807) is 24.1 Å². The number of likely N-dealkylation sites (N-methyl/N-ethyl adjacent to an activating group) is 1. The first-order valence-corrected chi connectivity index (χ1v) is 11.2. The van der Waals surface area contributed by atoms with Crippen molar-refractivity contribution in [1.82, 2.24) is 30.0 Å². The predicted octanol–water partition coefficient (Wildman–Crippen LogP) is 0.684. The zero-order chi connectivity index (χ0) is 22.4. The summed E-state index contributed by atoms with van der Waals surface area (Å²) in [6.45, 7) is -0.250. The van der Waals surface area contributed by atoms with Crippen LogP contribution in [0.15, 0.2) is 36.7 Å². The number of sulfone groups is 1. The number of carbonyl (C=O) groups excluding carboxylic acids is 1. The van der Waals surface area contributed by atoms with Gasteiger partial charge < -0.3 is 15.4 Å². The van der Waals surface area contributed by atoms with E-state index in [0.717, 1.165) is 17.0 Å². The molecule has 1 saturated heterocycles. The Hall–Kier alpha value is -3.54. The number of imidazole rings is 1. The summed E-state index contributed by atoms with van der Waals surface area (Å²) in [4.78, 5) is 32.0. The highest BCUT2D eigenvalue weighted by atomic mass is 32.2. The number of H-pyrrole nitrogens is 1. The fourth-order valence-electron chi connectivity index (χ4n) is 3.32. The Morgan fingerprint density at radius 2 is 2.13 bits per heavy atom. The van der Waals surface area contributed by atoms with Gasteiger partial charge in [-0.3, -0.25) is 9.59 Å². The highest BCUT2D eigenvalue weighted by Gasteiger charge is 2.32. The molecule has 1 unspecified atom stereocenters. The van der Waals surface area contributed by atoms with Gasteiger partial charge in [0.1, 0.15) is 5.82 Å². The molecule has 0 aliphatic carbocycles. The molecule has 3 N–H and O–H groups in total. The first kappa shape index (κ1) is 22.2. The minimum absolute atomic E-state index is 0.0284. The summed E-state index contributed by atoms with van der Waals surface area (Å²) in [6, 6.07) is 7.33. The Bertz CT molecular complexity index is 1160. The second kappa shape index (κ2) is 9.51. The quantitative estimate of drug-likeness (QED) is 0.482. The van der Waals surface area contributed by atoms with E-state index in [1.807, 2.05) is 24.3 Å². The van der Waals surface area contributed by atoms with Gasteiger partial charge in [-0.1, -0.05) is 18.2 Å². The highest BCUT2D eigenvalue weighted by molar-refractivity contribution is 7.91. The van der Waals surface area contributed by atoms with E-state index in [9.17, 15) is 13.2 Å². The summed E-state index contributed by atoms with van der Waals surface area (Å²) in [6.07, 6.45) is 3.94. The molecule has 1 aliphatic rings. The summed E-state index contributed by atoms with van der Waals surface area (Å²) in [5, 5.41) is 13.9. The van der Waals surface area contributed by atoms with E-state index < -0.39 is 9.84 Å². The molecular weight excluding hydrogens is 424 g/mol. The fourth-order valence-corrected chi connectivity index (χ4v) is 5.01. The summed E-state index contributed by atoms with van der Waals surface area (Å²) >= 11 is 0. The number of carbonyl (C=O) groups is 2. The fraction of sp³-hybridized carbons (Fsp3) is 0.316. The zero-order valence-electron chi connectivity index (χ0n) is 16.7. The van der Waals surface area contributed by atoms with Crippen molar-refractivity contribution in [2.24, 2.45) is 0 Å². The largest absolute Gasteiger partial charge is 0.483 e. The Kier molecular flexibility index (Phi) is 6.80. The first-order valence-electron chi connectivity index (χ1n) is 9.41. The standard InChI is InChI=1S/C18H20N6O3S.CH2O2/c1-19-16(25)10-15-22-18(24(23-15)14-5-8-28(26,27)11-14)13-4-2-3-12(9-13)17-20-6-7-21-17;2-1-3/h2-4,6-7,9,14H,5,8,10-11H2,1H3,(H,19,25)(H,20,21);1H,(H,2,3). The van der Waals surface area contributed by atoms with Crippen molar-refractivity contribution in [3.05, 3.63) is 42.5 Å². The number of hydrogen-bond acceptors (Lipinski definition) is 7. The minimum Gasteiger partial charge on any atom is -0.483 e. The van der Waals surface area contributed by atoms with Gasteiger partial charge in [-0.15, -0.1) is 0 Å². The lowest BCUT2D eigenvalue weighted by molar-refractivity contribution is -0.123. The Balaban J connectivity index is 0.000000858. The van der Waals surface area contributed by atoms with Crippen LogP contribution < -0.4 is 5.32 Å². The van der Waals surface area contributed by atoms with Crippen molar-refractivity contribution < 1.29 is 23.1 Å². The second-order valence-corrected chi connectivity index (χ2v) is 9.06. The molecule has 1 aromatic carbocycles. The van der Waals surface area contributed by atoms with Gasteiger partial charge in [-0.05, 0) is 12.5 Å². The van der Waals surface area contributed by atoms with Crippen LogP contribution in [0.4, 0.5) is 0 Å². The van der Waals surface area contributed by atoms with E-state index in [1.165, 1.54) is 0 Å². The molecule has 12 heteroatoms. The first-order chi connectivity index (χ1) is 14.9. The van der Waals surface area contributed by atoms with Gasteiger partial charge in [0.15, 0.2) is 21.5 Å². The third kappa shape index (κ3) is 5.34. The van der Waals surface area contributed by atoms with Crippen LogP contribution in [-0.4, -0.2) is 69.2 Å². The van der Waals surface area contributed by atoms with Crippen molar-refractivity contribution in [3.8, 4) is 22.8 Å². The molecular formula is C19H22N6O5S. The topological polar surface area (TPSA) is 160 Å². The number of nitrogens with one attached hydrogen (secondary N) is 2. The predicted molar refractivity (Wildman–Crippen MR) is 112 cm³/mol. The molecule has 1 fully saturated rings. The van der Waals surface area contributed by atoms with Crippen LogP contribution in [0.2, 0.25) is 0 Å². The molecule has 4 rings (SSSR count). The van der Waals surface area contributed by atoms with Crippen LogP contribution >= 0.6 is 0 Å². The van der Waals surface area contributed by atoms with Crippen molar-refractivity contribution in [1.29, 1.82) is 0 Å². The minimum atomic E-state index is -3.09. The van der Waals surface area contributed by atoms with E-state index in [-0.39, 0.29) is 36.3 Å². The molecule has 1 aliphatic heterocycles. The summed E-state index contributed by atoms with van der Waals surface area (Å²) in [5.41, 5.74) is 1.66. The van der Waals surface area contributed by atoms with Crippen LogP contribution in [0.25, 0.3) is 22.8 Å². The maximum atomic E-state index is 12.0. The molecule has 0 saturated carbocycles. The lowest BCUT2D eigenvalue weighted by atomic mass is 10.1. The van der Waals surface area contributed by atoms with E-state index >= 15 is 0 Å². The van der Waals surface area contributed by atoms with E-state index in [0.29, 0.717) is 18.1 Å². The van der Waals surface area contributed by atoms with Crippen molar-refractivity contribution in [2.45, 2.75) is 18.9 Å². The smallest absolute Gasteiger partial charge is 0.290 e. The van der Waals surface area contributed by atoms with Crippen LogP contribution in [0.5, 0.6) is 0 Å². The molecule has 31 heavy (non-hydrogen) atoms. The summed E-state index contributed by atoms with van der Waals surface area (Å²) < 4.78 is 25.6. The van der Waals surface area contributed by atoms with Gasteiger partial charge in [0.2, 0.25) is 5.91 Å². The molecule has 2 aromatic heterocycles. The molecule has 3 aromatic rings. The second-order valence-electron chi connectivity index (χ2n) is 6.83. The molecule has 0 spiro atoms. The van der Waals surface area contributed by atoms with Gasteiger partial charge >= 0.3 is 0 Å². The zero-order valence-corrected chi connectivity index (χ0v) is 17.5. The normalized spacial score (nSPS) is 16.9. The number of aromatic nitrogens is 5. The molecule has 164 valence electrons. The average Bonchev–Trinajstić information content (AvgIpc) is 3.48. The van der Waals surface area contributed by atoms with Crippen molar-refractivity contribution in [2.75, 3.05) is 18.6 Å². The van der Waals surface area contributed by atoms with Crippen molar-refractivity contribution >= 4 is 22.2 Å². The monoisotopic (exact) mass is 446 g/mol. The summed E-state index contributed by atoms with van der Waals surface area (Å²) in [7, 11) is -1.54. The van der Waals surface area contributed by atoms with Gasteiger partial charge in [0.05, 0.1) is 24.0 Å². The third-order valence-electron chi connectivity index (χ3n) is 4.72. The Morgan fingerprint density at radius 3 is 2.74 bits per heavy atom. The van der Waals surface area contributed by atoms with Gasteiger partial charge in [-0.2, -0.15) is 5.10 Å². The molecule has 0 bridgehead atoms. The van der Waals surface area contributed by atoms with E-state index in [2.05, 4.69) is 25.4 Å². The number of carboxylic acid groups (broad SMARTS) is 1. The number of aromatic amines is 1. The molecule has 1 amide bonds. The maximum Gasteiger partial charge on any atom is 0.290 e. The van der Waals surface area contributed by atoms with Crippen LogP contribution in [0.1, 0.15) is 18.3 Å². The van der Waals surface area contributed by atoms with Crippen LogP contribution in [0.3, 0.4) is 0 Å². The van der Waals surface area contributed by atoms with Crippen LogP contribution in [0, 0.1) is 0 Å². The Labute approximate surface area is 178 Å². The molecule has 0 radical (unpaired) electrons. The number of amides is 1. The van der Waals surface area contributed by atoms with Crippen LogP contribution in [-0.2, 0) is 25.8 Å². The lowest BCUT2D eigenvalue weighted by Crippen LogP contribution is -2.21. The lowest BCUT2D eigenvalue weighted by Gasteiger charge is -2.12. The summed E-state index contributed by atoms with van der Waals surface area (Å²) in [5.74, 6) is 1.60. The third-order valence-corrected chi connectivity index (χ3v) is 6.47.